The van der Waals surface area contributed by atoms with Crippen molar-refractivity contribution in [3.05, 3.63) is 23.4 Å². The number of allylic oxidation sites excluding steroid dienone is 1. The lowest BCUT2D eigenvalue weighted by Gasteiger charge is -2.51. The molecule has 1 amide bonds. The van der Waals surface area contributed by atoms with Crippen molar-refractivity contribution < 1.29 is 23.5 Å². The molecule has 28 heavy (non-hydrogen) atoms. The number of β-lactam (4-membered cyclic amide) rings is 1. The van der Waals surface area contributed by atoms with E-state index >= 15 is 0 Å². The van der Waals surface area contributed by atoms with E-state index in [-0.39, 0.29) is 29.9 Å². The third-order valence-electron chi connectivity index (χ3n) is 3.88. The van der Waals surface area contributed by atoms with Crippen LogP contribution >= 0.6 is 11.8 Å². The molecule has 2 aliphatic heterocycles. The summed E-state index contributed by atoms with van der Waals surface area (Å²) in [5.41, 5.74) is 1.04. The van der Waals surface area contributed by atoms with Gasteiger partial charge in [-0.1, -0.05) is 25.7 Å². The summed E-state index contributed by atoms with van der Waals surface area (Å²) >= 11 is 1.63. The molecular formula is C18H30N2O5SSi2. The highest BCUT2D eigenvalue weighted by atomic mass is 32.2. The Hall–Kier alpha value is -1.37. The molecule has 0 bridgehead atoms. The fourth-order valence-corrected chi connectivity index (χ4v) is 6.22. The first-order valence-electron chi connectivity index (χ1n) is 9.29. The lowest BCUT2D eigenvalue weighted by atomic mass is 10.0. The molecule has 0 aromatic heterocycles. The number of esters is 1. The largest absolute Gasteiger partial charge is 0.515 e. The zero-order chi connectivity index (χ0) is 21.3. The second-order valence-corrected chi connectivity index (χ2v) is 19.2. The second kappa shape index (κ2) is 8.56. The molecule has 1 fully saturated rings. The van der Waals surface area contributed by atoms with E-state index in [0.29, 0.717) is 11.4 Å². The van der Waals surface area contributed by atoms with Gasteiger partial charge in [0.15, 0.2) is 0 Å². The van der Waals surface area contributed by atoms with Crippen LogP contribution < -0.4 is 4.98 Å². The summed E-state index contributed by atoms with van der Waals surface area (Å²) in [5.74, 6) is -0.317. The lowest BCUT2D eigenvalue weighted by Crippen LogP contribution is -2.73. The van der Waals surface area contributed by atoms with E-state index in [0.717, 1.165) is 5.57 Å². The maximum atomic E-state index is 12.9. The Balaban J connectivity index is 2.29. The molecule has 0 radical (unpaired) electrons. The number of amides is 1. The van der Waals surface area contributed by atoms with Gasteiger partial charge >= 0.3 is 11.9 Å². The van der Waals surface area contributed by atoms with Crippen molar-refractivity contribution in [1.29, 1.82) is 0 Å². The Morgan fingerprint density at radius 1 is 1.25 bits per heavy atom. The molecule has 1 saturated heterocycles. The summed E-state index contributed by atoms with van der Waals surface area (Å²) in [5, 5.41) is -0.103. The molecule has 2 aliphatic rings. The molecular weight excluding hydrogens is 412 g/mol. The Kier molecular flexibility index (Phi) is 7.00. The fourth-order valence-electron chi connectivity index (χ4n) is 2.91. The van der Waals surface area contributed by atoms with Gasteiger partial charge in [-0.25, -0.2) is 4.79 Å². The summed E-state index contributed by atoms with van der Waals surface area (Å²) in [6.45, 7) is 13.7. The minimum absolute atomic E-state index is 0.0898. The van der Waals surface area contributed by atoms with Crippen molar-refractivity contribution in [1.82, 2.24) is 9.88 Å². The van der Waals surface area contributed by atoms with E-state index in [1.165, 1.54) is 6.92 Å². The van der Waals surface area contributed by atoms with Gasteiger partial charge in [-0.15, -0.1) is 11.8 Å². The van der Waals surface area contributed by atoms with Gasteiger partial charge in [0.1, 0.15) is 32.0 Å². The Labute approximate surface area is 173 Å². The first-order valence-corrected chi connectivity index (χ1v) is 17.2. The first-order chi connectivity index (χ1) is 12.8. The van der Waals surface area contributed by atoms with Crippen LogP contribution in [0.15, 0.2) is 23.4 Å². The van der Waals surface area contributed by atoms with Crippen molar-refractivity contribution in [3.63, 3.8) is 0 Å². The zero-order valence-corrected chi connectivity index (χ0v) is 20.4. The maximum Gasteiger partial charge on any atom is 0.342 e. The van der Waals surface area contributed by atoms with Crippen LogP contribution in [0.3, 0.4) is 0 Å². The molecule has 7 nitrogen and oxygen atoms in total. The van der Waals surface area contributed by atoms with E-state index in [2.05, 4.69) is 24.6 Å². The smallest absolute Gasteiger partial charge is 0.342 e. The minimum Gasteiger partial charge on any atom is -0.515 e. The third-order valence-corrected chi connectivity index (χ3v) is 7.16. The lowest BCUT2D eigenvalue weighted by molar-refractivity contribution is -0.147. The maximum absolute atomic E-state index is 12.9. The molecule has 2 atom stereocenters. The van der Waals surface area contributed by atoms with Gasteiger partial charge in [0, 0.05) is 12.7 Å². The summed E-state index contributed by atoms with van der Waals surface area (Å²) < 4.78 is 10.6. The average Bonchev–Trinajstić information content (AvgIpc) is 2.53. The van der Waals surface area contributed by atoms with Gasteiger partial charge in [0.05, 0.1) is 0 Å². The van der Waals surface area contributed by atoms with Crippen molar-refractivity contribution in [2.75, 3.05) is 12.4 Å². The van der Waals surface area contributed by atoms with Gasteiger partial charge in [-0.2, -0.15) is 0 Å². The van der Waals surface area contributed by atoms with Crippen LogP contribution in [0.4, 0.5) is 0 Å². The molecule has 0 aromatic carbocycles. The molecule has 10 heteroatoms. The van der Waals surface area contributed by atoms with Crippen molar-refractivity contribution in [2.45, 2.75) is 57.6 Å². The highest BCUT2D eigenvalue weighted by Crippen LogP contribution is 2.41. The van der Waals surface area contributed by atoms with Crippen LogP contribution in [0.25, 0.3) is 0 Å². The molecule has 1 unspecified atom stereocenters. The number of thioether (sulfide) groups is 1. The number of nitrogens with one attached hydrogen (secondary N) is 1. The van der Waals surface area contributed by atoms with Gasteiger partial charge in [-0.3, -0.25) is 14.5 Å². The Morgan fingerprint density at radius 3 is 2.43 bits per heavy atom. The average molecular weight is 443 g/mol. The summed E-state index contributed by atoms with van der Waals surface area (Å²) in [6, 6.07) is -0.266. The standard InChI is InChI=1S/C18H30N2O5SSi2/c1-12(21)24-10-8-9-13-11-26-17-14(19-27(2,3)4)16(22)20(17)15(13)18(23)25-28(5,6)7/h8-9,14,17,19H,10-11H2,1-7H3/t14?,17-/m1/s1. The van der Waals surface area contributed by atoms with Gasteiger partial charge < -0.3 is 14.1 Å². The molecule has 0 saturated carbocycles. The van der Waals surface area contributed by atoms with Gasteiger partial charge in [0.25, 0.3) is 0 Å². The van der Waals surface area contributed by atoms with E-state index in [9.17, 15) is 14.4 Å². The first kappa shape index (κ1) is 22.9. The molecule has 0 aromatic rings. The van der Waals surface area contributed by atoms with Crippen LogP contribution in [-0.2, 0) is 23.5 Å². The summed E-state index contributed by atoms with van der Waals surface area (Å²) in [7, 11) is -3.77. The van der Waals surface area contributed by atoms with Crippen LogP contribution in [0.2, 0.25) is 39.3 Å². The van der Waals surface area contributed by atoms with Gasteiger partial charge in [-0.05, 0) is 31.3 Å². The minimum atomic E-state index is -2.12. The Bertz CT molecular complexity index is 724. The zero-order valence-electron chi connectivity index (χ0n) is 17.6. The number of carbonyl (C=O) groups is 3. The van der Waals surface area contributed by atoms with Crippen LogP contribution in [0, 0.1) is 0 Å². The van der Waals surface area contributed by atoms with E-state index < -0.39 is 22.5 Å². The third kappa shape index (κ3) is 5.82. The van der Waals surface area contributed by atoms with Gasteiger partial charge in [0.2, 0.25) is 14.2 Å². The molecule has 1 N–H and O–H groups in total. The predicted molar refractivity (Wildman–Crippen MR) is 116 cm³/mol. The number of ether oxygens (including phenoxy) is 1. The topological polar surface area (TPSA) is 84.9 Å². The number of carbonyl (C=O) groups excluding carboxylic acids is 3. The van der Waals surface area contributed by atoms with Crippen LogP contribution in [0.5, 0.6) is 0 Å². The molecule has 2 rings (SSSR count). The predicted octanol–water partition coefficient (Wildman–Crippen LogP) is 2.45. The number of rotatable bonds is 7. The highest BCUT2D eigenvalue weighted by Gasteiger charge is 2.54. The quantitative estimate of drug-likeness (QED) is 0.368. The van der Waals surface area contributed by atoms with Crippen molar-refractivity contribution in [3.8, 4) is 0 Å². The highest BCUT2D eigenvalue weighted by molar-refractivity contribution is 8.00. The normalized spacial score (nSPS) is 22.8. The number of nitrogens with zero attached hydrogens (tertiary/aromatic N) is 1. The van der Waals surface area contributed by atoms with Crippen molar-refractivity contribution >= 4 is 46.2 Å². The SMILES string of the molecule is CC(=O)OCC=CC1=C(C(=O)O[Si](C)(C)C)N2C(=O)C(N[Si](C)(C)C)[C@H]2SC1. The molecule has 156 valence electrons. The number of fused-ring (bicyclic) bond motifs is 1. The van der Waals surface area contributed by atoms with E-state index in [4.69, 9.17) is 9.16 Å². The second-order valence-electron chi connectivity index (χ2n) is 8.86. The van der Waals surface area contributed by atoms with E-state index in [1.807, 2.05) is 19.6 Å². The fraction of sp³-hybridized carbons (Fsp3) is 0.611. The van der Waals surface area contributed by atoms with E-state index in [1.54, 1.807) is 28.8 Å². The van der Waals surface area contributed by atoms with Crippen molar-refractivity contribution in [2.24, 2.45) is 0 Å². The monoisotopic (exact) mass is 442 g/mol. The number of hydrogen-bond donors (Lipinski definition) is 1. The number of hydrogen-bond acceptors (Lipinski definition) is 7. The molecule has 2 heterocycles. The summed E-state index contributed by atoms with van der Waals surface area (Å²) in [4.78, 5) is 41.7. The molecule has 0 spiro atoms. The molecule has 0 aliphatic carbocycles. The summed E-state index contributed by atoms with van der Waals surface area (Å²) in [6.07, 6.45) is 3.43. The van der Waals surface area contributed by atoms with Crippen LogP contribution in [0.1, 0.15) is 6.92 Å². The Morgan fingerprint density at radius 2 is 1.89 bits per heavy atom. The van der Waals surface area contributed by atoms with Crippen LogP contribution in [-0.4, -0.2) is 63.1 Å².